The Hall–Kier alpha value is -3.81. The van der Waals surface area contributed by atoms with E-state index >= 15 is 0 Å². The summed E-state index contributed by atoms with van der Waals surface area (Å²) in [5, 5.41) is 0. The second-order valence-electron chi connectivity index (χ2n) is 7.40. The molecule has 32 heavy (non-hydrogen) atoms. The standard InChI is InChI=1S/C24H25N3O5/c1-30-17-12-20(31-2)24(21(13-17)32-3)16-8-10-26(11-9-16)23(29)15-27-19-7-5-4-6-18(19)25-14-22(27)28/h4-8,12-14H,9-11,15H2,1-3H3. The van der Waals surface area contributed by atoms with Crippen molar-refractivity contribution in [2.24, 2.45) is 0 Å². The molecule has 0 N–H and O–H groups in total. The topological polar surface area (TPSA) is 82.9 Å². The molecule has 1 aliphatic heterocycles. The van der Waals surface area contributed by atoms with Crippen LogP contribution in [-0.2, 0) is 11.3 Å². The molecular formula is C24H25N3O5. The smallest absolute Gasteiger partial charge is 0.269 e. The van der Waals surface area contributed by atoms with Gasteiger partial charge in [0.15, 0.2) is 0 Å². The first kappa shape index (κ1) is 21.4. The Bertz CT molecular complexity index is 1220. The predicted octanol–water partition coefficient (Wildman–Crippen LogP) is 2.74. The molecule has 1 aromatic heterocycles. The monoisotopic (exact) mass is 435 g/mol. The summed E-state index contributed by atoms with van der Waals surface area (Å²) >= 11 is 0. The van der Waals surface area contributed by atoms with Gasteiger partial charge in [0.25, 0.3) is 5.56 Å². The zero-order chi connectivity index (χ0) is 22.7. The van der Waals surface area contributed by atoms with E-state index in [0.717, 1.165) is 11.1 Å². The van der Waals surface area contributed by atoms with Crippen LogP contribution >= 0.6 is 0 Å². The number of benzene rings is 2. The lowest BCUT2D eigenvalue weighted by atomic mass is 9.97. The van der Waals surface area contributed by atoms with Crippen LogP contribution in [0.1, 0.15) is 12.0 Å². The second kappa shape index (κ2) is 9.13. The Morgan fingerprint density at radius 1 is 1.06 bits per heavy atom. The fourth-order valence-corrected chi connectivity index (χ4v) is 3.96. The number of methoxy groups -OCH3 is 3. The highest BCUT2D eigenvalue weighted by atomic mass is 16.5. The number of fused-ring (bicyclic) bond motifs is 1. The molecule has 1 amide bonds. The summed E-state index contributed by atoms with van der Waals surface area (Å²) in [6.45, 7) is 0.936. The average Bonchev–Trinajstić information content (AvgIpc) is 2.84. The van der Waals surface area contributed by atoms with Crippen molar-refractivity contribution in [1.29, 1.82) is 0 Å². The largest absolute Gasteiger partial charge is 0.496 e. The third-order valence-corrected chi connectivity index (χ3v) is 5.64. The number of para-hydroxylation sites is 2. The minimum Gasteiger partial charge on any atom is -0.496 e. The maximum Gasteiger partial charge on any atom is 0.269 e. The third kappa shape index (κ3) is 4.03. The number of hydrogen-bond donors (Lipinski definition) is 0. The molecular weight excluding hydrogens is 410 g/mol. The zero-order valence-electron chi connectivity index (χ0n) is 18.3. The molecule has 0 saturated carbocycles. The van der Waals surface area contributed by atoms with E-state index in [1.54, 1.807) is 32.3 Å². The maximum absolute atomic E-state index is 13.0. The summed E-state index contributed by atoms with van der Waals surface area (Å²) in [7, 11) is 4.80. The number of amides is 1. The fraction of sp³-hybridized carbons (Fsp3) is 0.292. The third-order valence-electron chi connectivity index (χ3n) is 5.64. The first-order valence-corrected chi connectivity index (χ1v) is 10.3. The molecule has 4 rings (SSSR count). The van der Waals surface area contributed by atoms with E-state index in [4.69, 9.17) is 14.2 Å². The van der Waals surface area contributed by atoms with E-state index in [0.29, 0.717) is 47.8 Å². The molecule has 0 bridgehead atoms. The van der Waals surface area contributed by atoms with Crippen LogP contribution in [0.4, 0.5) is 0 Å². The van der Waals surface area contributed by atoms with Crippen molar-refractivity contribution in [1.82, 2.24) is 14.5 Å². The maximum atomic E-state index is 13.0. The lowest BCUT2D eigenvalue weighted by molar-refractivity contribution is -0.131. The van der Waals surface area contributed by atoms with Crippen molar-refractivity contribution in [3.05, 3.63) is 64.6 Å². The molecule has 0 spiro atoms. The summed E-state index contributed by atoms with van der Waals surface area (Å²) in [6, 6.07) is 10.9. The fourth-order valence-electron chi connectivity index (χ4n) is 3.96. The SMILES string of the molecule is COc1cc(OC)c(C2=CCN(C(=O)Cn3c(=O)cnc4ccccc43)CC2)c(OC)c1. The molecule has 1 aliphatic rings. The van der Waals surface area contributed by atoms with Gasteiger partial charge in [0.1, 0.15) is 23.8 Å². The first-order valence-electron chi connectivity index (χ1n) is 10.3. The van der Waals surface area contributed by atoms with Crippen LogP contribution in [0, 0.1) is 0 Å². The van der Waals surface area contributed by atoms with E-state index < -0.39 is 0 Å². The van der Waals surface area contributed by atoms with Crippen molar-refractivity contribution in [3.8, 4) is 17.2 Å². The van der Waals surface area contributed by atoms with Gasteiger partial charge in [-0.2, -0.15) is 0 Å². The number of nitrogens with zero attached hydrogens (tertiary/aromatic N) is 3. The number of carbonyl (C=O) groups excluding carboxylic acids is 1. The Morgan fingerprint density at radius 2 is 1.78 bits per heavy atom. The van der Waals surface area contributed by atoms with Gasteiger partial charge < -0.3 is 19.1 Å². The van der Waals surface area contributed by atoms with Crippen LogP contribution in [0.15, 0.2) is 53.5 Å². The number of ether oxygens (including phenoxy) is 3. The summed E-state index contributed by atoms with van der Waals surface area (Å²) in [5.74, 6) is 1.84. The van der Waals surface area contributed by atoms with Gasteiger partial charge in [0.2, 0.25) is 5.91 Å². The summed E-state index contributed by atoms with van der Waals surface area (Å²) in [4.78, 5) is 31.2. The molecule has 8 heteroatoms. The molecule has 0 atom stereocenters. The second-order valence-corrected chi connectivity index (χ2v) is 7.40. The lowest BCUT2D eigenvalue weighted by Crippen LogP contribution is -2.39. The van der Waals surface area contributed by atoms with Crippen molar-refractivity contribution in [2.75, 3.05) is 34.4 Å². The molecule has 0 radical (unpaired) electrons. The van der Waals surface area contributed by atoms with Gasteiger partial charge in [-0.25, -0.2) is 4.98 Å². The molecule has 0 saturated heterocycles. The number of rotatable bonds is 6. The number of hydrogen-bond acceptors (Lipinski definition) is 6. The summed E-state index contributed by atoms with van der Waals surface area (Å²) < 4.78 is 17.9. The Kier molecular flexibility index (Phi) is 6.11. The number of carbonyl (C=O) groups is 1. The van der Waals surface area contributed by atoms with Gasteiger partial charge in [0, 0.05) is 25.2 Å². The van der Waals surface area contributed by atoms with Gasteiger partial charge >= 0.3 is 0 Å². The van der Waals surface area contributed by atoms with E-state index in [1.165, 1.54) is 10.8 Å². The molecule has 0 unspecified atom stereocenters. The van der Waals surface area contributed by atoms with Gasteiger partial charge in [-0.15, -0.1) is 0 Å². The minimum absolute atomic E-state index is 0.0276. The predicted molar refractivity (Wildman–Crippen MR) is 121 cm³/mol. The van der Waals surface area contributed by atoms with E-state index in [1.807, 2.05) is 36.4 Å². The minimum atomic E-state index is -0.294. The van der Waals surface area contributed by atoms with Crippen LogP contribution in [0.3, 0.4) is 0 Å². The molecule has 166 valence electrons. The summed E-state index contributed by atoms with van der Waals surface area (Å²) in [6.07, 6.45) is 3.89. The molecule has 2 heterocycles. The molecule has 8 nitrogen and oxygen atoms in total. The molecule has 2 aromatic carbocycles. The van der Waals surface area contributed by atoms with E-state index in [9.17, 15) is 9.59 Å². The Balaban J connectivity index is 1.57. The summed E-state index contributed by atoms with van der Waals surface area (Å²) in [5.41, 5.74) is 2.93. The molecule has 0 fully saturated rings. The van der Waals surface area contributed by atoms with E-state index in [-0.39, 0.29) is 18.0 Å². The van der Waals surface area contributed by atoms with Gasteiger partial charge in [-0.3, -0.25) is 14.2 Å². The van der Waals surface area contributed by atoms with Crippen LogP contribution < -0.4 is 19.8 Å². The van der Waals surface area contributed by atoms with Gasteiger partial charge in [-0.1, -0.05) is 18.2 Å². The Morgan fingerprint density at radius 3 is 2.41 bits per heavy atom. The van der Waals surface area contributed by atoms with Crippen molar-refractivity contribution >= 4 is 22.5 Å². The normalized spacial score (nSPS) is 13.6. The van der Waals surface area contributed by atoms with Crippen molar-refractivity contribution < 1.29 is 19.0 Å². The van der Waals surface area contributed by atoms with Crippen LogP contribution in [0.2, 0.25) is 0 Å². The number of aromatic nitrogens is 2. The lowest BCUT2D eigenvalue weighted by Gasteiger charge is -2.28. The molecule has 0 aliphatic carbocycles. The van der Waals surface area contributed by atoms with Crippen LogP contribution in [-0.4, -0.2) is 54.8 Å². The first-order chi connectivity index (χ1) is 15.5. The van der Waals surface area contributed by atoms with Crippen molar-refractivity contribution in [3.63, 3.8) is 0 Å². The highest BCUT2D eigenvalue weighted by Crippen LogP contribution is 2.40. The quantitative estimate of drug-likeness (QED) is 0.592. The Labute approximate surface area is 185 Å². The van der Waals surface area contributed by atoms with Crippen LogP contribution in [0.25, 0.3) is 16.6 Å². The highest BCUT2D eigenvalue weighted by Gasteiger charge is 2.23. The van der Waals surface area contributed by atoms with Gasteiger partial charge in [-0.05, 0) is 24.1 Å². The van der Waals surface area contributed by atoms with Crippen molar-refractivity contribution in [2.45, 2.75) is 13.0 Å². The van der Waals surface area contributed by atoms with E-state index in [2.05, 4.69) is 4.98 Å². The average molecular weight is 435 g/mol. The molecule has 3 aromatic rings. The zero-order valence-corrected chi connectivity index (χ0v) is 18.3. The van der Waals surface area contributed by atoms with Crippen LogP contribution in [0.5, 0.6) is 17.2 Å². The highest BCUT2D eigenvalue weighted by molar-refractivity contribution is 5.82. The van der Waals surface area contributed by atoms with Gasteiger partial charge in [0.05, 0.1) is 44.1 Å².